The standard InChI is InChI=1S/C20H20ClN5O2/c1-28-12-6-4-5-11(9-12)19-25-17-16(14(21)10-23-20(17)26-19)24-15-8-3-2-7-13(15)18(22)27/h2-6,9-10,13,15H,7-8H2,1H3,(H2,22,27)(H2,23,24,25,26). The molecule has 0 spiro atoms. The van der Waals surface area contributed by atoms with Gasteiger partial charge in [-0.3, -0.25) is 4.79 Å². The van der Waals surface area contributed by atoms with Crippen molar-refractivity contribution in [3.05, 3.63) is 47.6 Å². The number of aromatic nitrogens is 3. The summed E-state index contributed by atoms with van der Waals surface area (Å²) in [5, 5.41) is 3.84. The van der Waals surface area contributed by atoms with Crippen LogP contribution in [0.15, 0.2) is 42.6 Å². The normalized spacial score (nSPS) is 18.9. The average Bonchev–Trinajstić information content (AvgIpc) is 3.15. The number of benzene rings is 1. The van der Waals surface area contributed by atoms with Crippen LogP contribution in [0, 0.1) is 5.92 Å². The van der Waals surface area contributed by atoms with Crippen molar-refractivity contribution < 1.29 is 9.53 Å². The quantitative estimate of drug-likeness (QED) is 0.571. The smallest absolute Gasteiger partial charge is 0.222 e. The maximum atomic E-state index is 11.8. The van der Waals surface area contributed by atoms with Crippen molar-refractivity contribution in [3.63, 3.8) is 0 Å². The minimum absolute atomic E-state index is 0.144. The highest BCUT2D eigenvalue weighted by Gasteiger charge is 2.28. The van der Waals surface area contributed by atoms with Gasteiger partial charge in [0.05, 0.1) is 29.9 Å². The fourth-order valence-corrected chi connectivity index (χ4v) is 3.65. The van der Waals surface area contributed by atoms with Crippen LogP contribution in [-0.4, -0.2) is 34.0 Å². The van der Waals surface area contributed by atoms with Crippen LogP contribution in [0.4, 0.5) is 5.69 Å². The Morgan fingerprint density at radius 2 is 2.18 bits per heavy atom. The van der Waals surface area contributed by atoms with Gasteiger partial charge in [0.15, 0.2) is 5.65 Å². The lowest BCUT2D eigenvalue weighted by atomic mass is 9.88. The van der Waals surface area contributed by atoms with E-state index >= 15 is 0 Å². The number of imidazole rings is 1. The van der Waals surface area contributed by atoms with E-state index in [0.717, 1.165) is 11.3 Å². The SMILES string of the molecule is COc1cccc(-c2nc3ncc(Cl)c(NC4CC=CCC4C(N)=O)c3[nH]2)c1. The lowest BCUT2D eigenvalue weighted by Gasteiger charge is -2.28. The van der Waals surface area contributed by atoms with Gasteiger partial charge in [-0.1, -0.05) is 35.9 Å². The molecule has 0 saturated carbocycles. The Morgan fingerprint density at radius 1 is 1.36 bits per heavy atom. The molecule has 3 aromatic rings. The summed E-state index contributed by atoms with van der Waals surface area (Å²) >= 11 is 6.43. The largest absolute Gasteiger partial charge is 0.497 e. The van der Waals surface area contributed by atoms with Gasteiger partial charge in [-0.05, 0) is 25.0 Å². The van der Waals surface area contributed by atoms with Crippen LogP contribution in [0.5, 0.6) is 5.75 Å². The molecular weight excluding hydrogens is 378 g/mol. The highest BCUT2D eigenvalue weighted by Crippen LogP contribution is 2.33. The summed E-state index contributed by atoms with van der Waals surface area (Å²) in [6.07, 6.45) is 6.87. The number of methoxy groups -OCH3 is 1. The summed E-state index contributed by atoms with van der Waals surface area (Å²) in [6.45, 7) is 0. The number of ether oxygens (including phenoxy) is 1. The number of halogens is 1. The topological polar surface area (TPSA) is 106 Å². The molecule has 1 aromatic carbocycles. The Kier molecular flexibility index (Phi) is 4.92. The number of carbonyl (C=O) groups excluding carboxylic acids is 1. The number of carbonyl (C=O) groups is 1. The van der Waals surface area contributed by atoms with Gasteiger partial charge >= 0.3 is 0 Å². The Hall–Kier alpha value is -3.06. The summed E-state index contributed by atoms with van der Waals surface area (Å²) in [5.74, 6) is 0.761. The lowest BCUT2D eigenvalue weighted by Crippen LogP contribution is -2.39. The molecule has 0 radical (unpaired) electrons. The number of nitrogens with one attached hydrogen (secondary N) is 2. The first-order valence-electron chi connectivity index (χ1n) is 8.96. The zero-order chi connectivity index (χ0) is 19.7. The number of allylic oxidation sites excluding steroid dienone is 1. The molecule has 28 heavy (non-hydrogen) atoms. The van der Waals surface area contributed by atoms with Gasteiger partial charge in [0.1, 0.15) is 17.1 Å². The molecule has 0 bridgehead atoms. The number of aromatic amines is 1. The number of primary amides is 1. The second-order valence-corrected chi connectivity index (χ2v) is 7.11. The first-order chi connectivity index (χ1) is 13.6. The highest BCUT2D eigenvalue weighted by atomic mass is 35.5. The van der Waals surface area contributed by atoms with Crippen molar-refractivity contribution in [2.75, 3.05) is 12.4 Å². The van der Waals surface area contributed by atoms with Crippen molar-refractivity contribution >= 4 is 34.4 Å². The number of pyridine rings is 1. The average molecular weight is 398 g/mol. The van der Waals surface area contributed by atoms with Crippen LogP contribution in [0.3, 0.4) is 0 Å². The molecule has 1 amide bonds. The third-order valence-corrected chi connectivity index (χ3v) is 5.23. The summed E-state index contributed by atoms with van der Waals surface area (Å²) in [7, 11) is 1.62. The zero-order valence-electron chi connectivity index (χ0n) is 15.3. The van der Waals surface area contributed by atoms with E-state index in [-0.39, 0.29) is 17.9 Å². The van der Waals surface area contributed by atoms with E-state index in [1.54, 1.807) is 13.3 Å². The molecule has 2 unspecified atom stereocenters. The minimum Gasteiger partial charge on any atom is -0.497 e. The predicted molar refractivity (Wildman–Crippen MR) is 109 cm³/mol. The van der Waals surface area contributed by atoms with Crippen LogP contribution in [-0.2, 0) is 4.79 Å². The number of anilines is 1. The number of rotatable bonds is 5. The molecule has 2 atom stereocenters. The maximum Gasteiger partial charge on any atom is 0.222 e. The van der Waals surface area contributed by atoms with Crippen LogP contribution >= 0.6 is 11.6 Å². The molecule has 4 rings (SSSR count). The number of fused-ring (bicyclic) bond motifs is 1. The van der Waals surface area contributed by atoms with E-state index in [0.29, 0.717) is 40.5 Å². The number of nitrogens with zero attached hydrogens (tertiary/aromatic N) is 2. The van der Waals surface area contributed by atoms with Crippen molar-refractivity contribution in [3.8, 4) is 17.1 Å². The van der Waals surface area contributed by atoms with E-state index in [2.05, 4.69) is 20.3 Å². The van der Waals surface area contributed by atoms with E-state index in [1.165, 1.54) is 0 Å². The molecule has 7 nitrogen and oxygen atoms in total. The lowest BCUT2D eigenvalue weighted by molar-refractivity contribution is -0.122. The molecule has 2 aromatic heterocycles. The molecular formula is C20H20ClN5O2. The van der Waals surface area contributed by atoms with Gasteiger partial charge in [0.25, 0.3) is 0 Å². The fourth-order valence-electron chi connectivity index (χ4n) is 3.46. The molecule has 4 N–H and O–H groups in total. The Morgan fingerprint density at radius 3 is 2.96 bits per heavy atom. The van der Waals surface area contributed by atoms with Gasteiger partial charge in [-0.15, -0.1) is 0 Å². The van der Waals surface area contributed by atoms with Crippen molar-refractivity contribution in [2.24, 2.45) is 11.7 Å². The van der Waals surface area contributed by atoms with E-state index in [1.807, 2.05) is 36.4 Å². The third kappa shape index (κ3) is 3.41. The third-order valence-electron chi connectivity index (χ3n) is 4.94. The number of H-pyrrole nitrogens is 1. The van der Waals surface area contributed by atoms with E-state index < -0.39 is 0 Å². The van der Waals surface area contributed by atoms with Crippen LogP contribution < -0.4 is 15.8 Å². The van der Waals surface area contributed by atoms with Crippen LogP contribution in [0.1, 0.15) is 12.8 Å². The number of hydrogen-bond acceptors (Lipinski definition) is 5. The van der Waals surface area contributed by atoms with Gasteiger partial charge in [-0.25, -0.2) is 9.97 Å². The number of nitrogens with two attached hydrogens (primary N) is 1. The summed E-state index contributed by atoms with van der Waals surface area (Å²) < 4.78 is 5.29. The zero-order valence-corrected chi connectivity index (χ0v) is 16.0. The van der Waals surface area contributed by atoms with Crippen LogP contribution in [0.2, 0.25) is 5.02 Å². The molecule has 8 heteroatoms. The van der Waals surface area contributed by atoms with Crippen LogP contribution in [0.25, 0.3) is 22.6 Å². The first-order valence-corrected chi connectivity index (χ1v) is 9.34. The number of amides is 1. The predicted octanol–water partition coefficient (Wildman–Crippen LogP) is 3.52. The number of hydrogen-bond donors (Lipinski definition) is 3. The molecule has 1 aliphatic rings. The monoisotopic (exact) mass is 397 g/mol. The van der Waals surface area contributed by atoms with Gasteiger partial charge < -0.3 is 20.8 Å². The fraction of sp³-hybridized carbons (Fsp3) is 0.250. The van der Waals surface area contributed by atoms with E-state index in [9.17, 15) is 4.79 Å². The molecule has 144 valence electrons. The van der Waals surface area contributed by atoms with E-state index in [4.69, 9.17) is 22.1 Å². The summed E-state index contributed by atoms with van der Waals surface area (Å²) in [4.78, 5) is 24.0. The molecule has 0 fully saturated rings. The summed E-state index contributed by atoms with van der Waals surface area (Å²) in [6, 6.07) is 7.45. The van der Waals surface area contributed by atoms with Gasteiger partial charge in [0.2, 0.25) is 5.91 Å². The molecule has 2 heterocycles. The van der Waals surface area contributed by atoms with Crippen molar-refractivity contribution in [1.29, 1.82) is 0 Å². The second kappa shape index (κ2) is 7.52. The molecule has 0 saturated heterocycles. The molecule has 1 aliphatic carbocycles. The van der Waals surface area contributed by atoms with Gasteiger partial charge in [0, 0.05) is 11.6 Å². The first kappa shape index (κ1) is 18.3. The second-order valence-electron chi connectivity index (χ2n) is 6.70. The Balaban J connectivity index is 1.74. The Labute approximate surface area is 167 Å². The molecule has 0 aliphatic heterocycles. The minimum atomic E-state index is -0.329. The van der Waals surface area contributed by atoms with Crippen molar-refractivity contribution in [1.82, 2.24) is 15.0 Å². The Bertz CT molecular complexity index is 1060. The van der Waals surface area contributed by atoms with Gasteiger partial charge in [-0.2, -0.15) is 0 Å². The maximum absolute atomic E-state index is 11.8. The summed E-state index contributed by atoms with van der Waals surface area (Å²) in [5.41, 5.74) is 8.33. The highest BCUT2D eigenvalue weighted by molar-refractivity contribution is 6.34. The van der Waals surface area contributed by atoms with Crippen molar-refractivity contribution in [2.45, 2.75) is 18.9 Å².